The van der Waals surface area contributed by atoms with Crippen LogP contribution in [0, 0.1) is 13.8 Å². The second-order valence-electron chi connectivity index (χ2n) is 4.30. The number of rotatable bonds is 2. The highest BCUT2D eigenvalue weighted by molar-refractivity contribution is 5.01. The van der Waals surface area contributed by atoms with Crippen molar-refractivity contribution in [3.05, 3.63) is 35.9 Å². The fourth-order valence-corrected chi connectivity index (χ4v) is 1.54. The fraction of sp³-hybridized carbons (Fsp3) is 0.455. The average Bonchev–Trinajstić information content (AvgIpc) is 2.74. The van der Waals surface area contributed by atoms with Gasteiger partial charge in [-0.05, 0) is 39.8 Å². The molecule has 0 amide bonds. The molecule has 0 aliphatic heterocycles. The maximum atomic E-state index is 4.42. The van der Waals surface area contributed by atoms with Gasteiger partial charge in [0.1, 0.15) is 5.66 Å². The molecule has 2 rings (SSSR count). The third kappa shape index (κ3) is 1.67. The van der Waals surface area contributed by atoms with Crippen molar-refractivity contribution in [1.82, 2.24) is 19.6 Å². The Morgan fingerprint density at radius 2 is 1.33 bits per heavy atom. The van der Waals surface area contributed by atoms with Gasteiger partial charge >= 0.3 is 0 Å². The van der Waals surface area contributed by atoms with Crippen LogP contribution >= 0.6 is 0 Å². The summed E-state index contributed by atoms with van der Waals surface area (Å²) in [5.74, 6) is 0. The molecule has 4 heteroatoms. The lowest BCUT2D eigenvalue weighted by Crippen LogP contribution is -2.35. The van der Waals surface area contributed by atoms with Gasteiger partial charge in [0.2, 0.25) is 0 Å². The van der Waals surface area contributed by atoms with Gasteiger partial charge in [-0.3, -0.25) is 0 Å². The molecule has 0 spiro atoms. The summed E-state index contributed by atoms with van der Waals surface area (Å²) in [5, 5.41) is 8.85. The summed E-state index contributed by atoms with van der Waals surface area (Å²) in [6, 6.07) is 4.00. The monoisotopic (exact) mass is 204 g/mol. The van der Waals surface area contributed by atoms with Crippen LogP contribution in [-0.4, -0.2) is 19.6 Å². The summed E-state index contributed by atoms with van der Waals surface area (Å²) in [6.45, 7) is 8.15. The van der Waals surface area contributed by atoms with Crippen molar-refractivity contribution in [3.63, 3.8) is 0 Å². The average molecular weight is 204 g/mol. The molecule has 0 bridgehead atoms. The first-order valence-corrected chi connectivity index (χ1v) is 5.05. The minimum absolute atomic E-state index is 0.261. The zero-order valence-corrected chi connectivity index (χ0v) is 9.60. The predicted octanol–water partition coefficient (Wildman–Crippen LogP) is 1.94. The quantitative estimate of drug-likeness (QED) is 0.749. The van der Waals surface area contributed by atoms with Crippen LogP contribution in [0.25, 0.3) is 0 Å². The Labute approximate surface area is 89.5 Å². The molecule has 0 atom stereocenters. The van der Waals surface area contributed by atoms with E-state index < -0.39 is 0 Å². The maximum absolute atomic E-state index is 4.42. The highest BCUT2D eigenvalue weighted by atomic mass is 15.5. The first kappa shape index (κ1) is 9.96. The maximum Gasteiger partial charge on any atom is 0.148 e. The van der Waals surface area contributed by atoms with Crippen LogP contribution in [0.15, 0.2) is 24.5 Å². The molecule has 0 aliphatic carbocycles. The third-order valence-corrected chi connectivity index (χ3v) is 2.57. The molecule has 0 N–H and O–H groups in total. The number of aryl methyl sites for hydroxylation is 2. The molecule has 0 radical (unpaired) electrons. The van der Waals surface area contributed by atoms with Crippen molar-refractivity contribution in [2.24, 2.45) is 0 Å². The van der Waals surface area contributed by atoms with Crippen LogP contribution < -0.4 is 0 Å². The van der Waals surface area contributed by atoms with Gasteiger partial charge in [-0.15, -0.1) is 0 Å². The van der Waals surface area contributed by atoms with Crippen molar-refractivity contribution in [1.29, 1.82) is 0 Å². The topological polar surface area (TPSA) is 35.6 Å². The zero-order chi connectivity index (χ0) is 11.1. The lowest BCUT2D eigenvalue weighted by molar-refractivity contribution is 0.234. The van der Waals surface area contributed by atoms with Gasteiger partial charge in [-0.2, -0.15) is 10.2 Å². The molecular formula is C11H16N4. The van der Waals surface area contributed by atoms with Crippen LogP contribution in [0.4, 0.5) is 0 Å². The van der Waals surface area contributed by atoms with Crippen molar-refractivity contribution < 1.29 is 0 Å². The van der Waals surface area contributed by atoms with E-state index in [0.29, 0.717) is 0 Å². The van der Waals surface area contributed by atoms with Gasteiger partial charge in [0.15, 0.2) is 0 Å². The smallest absolute Gasteiger partial charge is 0.148 e. The molecule has 0 fully saturated rings. The molecular weight excluding hydrogens is 188 g/mol. The van der Waals surface area contributed by atoms with Gasteiger partial charge in [0.05, 0.1) is 11.4 Å². The molecule has 0 unspecified atom stereocenters. The molecule has 4 nitrogen and oxygen atoms in total. The Morgan fingerprint density at radius 3 is 1.60 bits per heavy atom. The molecule has 0 saturated carbocycles. The van der Waals surface area contributed by atoms with E-state index in [2.05, 4.69) is 24.0 Å². The van der Waals surface area contributed by atoms with E-state index in [1.807, 2.05) is 47.7 Å². The van der Waals surface area contributed by atoms with Crippen LogP contribution in [0.2, 0.25) is 0 Å². The summed E-state index contributed by atoms with van der Waals surface area (Å²) < 4.78 is 3.85. The minimum atomic E-state index is -0.261. The van der Waals surface area contributed by atoms with E-state index in [1.165, 1.54) is 0 Å². The Balaban J connectivity index is 2.42. The second kappa shape index (κ2) is 3.22. The van der Waals surface area contributed by atoms with Gasteiger partial charge in [-0.25, -0.2) is 9.36 Å². The minimum Gasteiger partial charge on any atom is -0.245 e. The van der Waals surface area contributed by atoms with Crippen molar-refractivity contribution in [2.45, 2.75) is 33.4 Å². The lowest BCUT2D eigenvalue weighted by atomic mass is 10.2. The number of nitrogens with zero attached hydrogens (tertiary/aromatic N) is 4. The van der Waals surface area contributed by atoms with Gasteiger partial charge < -0.3 is 0 Å². The highest BCUT2D eigenvalue weighted by Crippen LogP contribution is 2.16. The molecule has 0 saturated heterocycles. The Morgan fingerprint density at radius 1 is 0.933 bits per heavy atom. The largest absolute Gasteiger partial charge is 0.245 e. The molecule has 2 heterocycles. The standard InChI is InChI=1S/C11H16N4/c1-9-5-7-14(12-9)11(3,4)15-8-6-10(2)13-15/h5-8H,1-4H3. The molecule has 15 heavy (non-hydrogen) atoms. The summed E-state index contributed by atoms with van der Waals surface area (Å²) in [7, 11) is 0. The predicted molar refractivity (Wildman–Crippen MR) is 58.6 cm³/mol. The number of hydrogen-bond acceptors (Lipinski definition) is 2. The van der Waals surface area contributed by atoms with Gasteiger partial charge in [0.25, 0.3) is 0 Å². The Kier molecular flexibility index (Phi) is 2.14. The van der Waals surface area contributed by atoms with E-state index >= 15 is 0 Å². The lowest BCUT2D eigenvalue weighted by Gasteiger charge is -2.26. The van der Waals surface area contributed by atoms with Crippen molar-refractivity contribution in [2.75, 3.05) is 0 Å². The molecule has 0 aliphatic rings. The van der Waals surface area contributed by atoms with E-state index in [0.717, 1.165) is 11.4 Å². The highest BCUT2D eigenvalue weighted by Gasteiger charge is 2.23. The summed E-state index contributed by atoms with van der Waals surface area (Å²) in [5.41, 5.74) is 1.78. The SMILES string of the molecule is Cc1ccn(C(C)(C)n2ccc(C)n2)n1. The number of hydrogen-bond donors (Lipinski definition) is 0. The summed E-state index contributed by atoms with van der Waals surface area (Å²) in [6.07, 6.45) is 3.96. The normalized spacial score (nSPS) is 12.0. The Bertz CT molecular complexity index is 422. The van der Waals surface area contributed by atoms with E-state index in [-0.39, 0.29) is 5.66 Å². The summed E-state index contributed by atoms with van der Waals surface area (Å²) in [4.78, 5) is 0. The first-order valence-electron chi connectivity index (χ1n) is 5.05. The van der Waals surface area contributed by atoms with E-state index in [1.54, 1.807) is 0 Å². The summed E-state index contributed by atoms with van der Waals surface area (Å²) >= 11 is 0. The van der Waals surface area contributed by atoms with Crippen LogP contribution in [-0.2, 0) is 5.66 Å². The van der Waals surface area contributed by atoms with Gasteiger partial charge in [-0.1, -0.05) is 0 Å². The van der Waals surface area contributed by atoms with Crippen LogP contribution in [0.1, 0.15) is 25.2 Å². The molecule has 2 aromatic heterocycles. The van der Waals surface area contributed by atoms with E-state index in [4.69, 9.17) is 0 Å². The zero-order valence-electron chi connectivity index (χ0n) is 9.60. The van der Waals surface area contributed by atoms with Crippen molar-refractivity contribution in [3.8, 4) is 0 Å². The first-order chi connectivity index (χ1) is 7.00. The third-order valence-electron chi connectivity index (χ3n) is 2.57. The van der Waals surface area contributed by atoms with Crippen LogP contribution in [0.3, 0.4) is 0 Å². The van der Waals surface area contributed by atoms with Gasteiger partial charge in [0, 0.05) is 12.4 Å². The fourth-order valence-electron chi connectivity index (χ4n) is 1.54. The van der Waals surface area contributed by atoms with E-state index in [9.17, 15) is 0 Å². The van der Waals surface area contributed by atoms with Crippen LogP contribution in [0.5, 0.6) is 0 Å². The number of aromatic nitrogens is 4. The Hall–Kier alpha value is -1.58. The molecule has 80 valence electrons. The second-order valence-corrected chi connectivity index (χ2v) is 4.30. The van der Waals surface area contributed by atoms with Crippen molar-refractivity contribution >= 4 is 0 Å². The molecule has 0 aromatic carbocycles. The molecule has 2 aromatic rings.